The Balaban J connectivity index is 1.77. The van der Waals surface area contributed by atoms with Crippen molar-refractivity contribution in [3.05, 3.63) is 69.7 Å². The number of aryl methyl sites for hydroxylation is 1. The fourth-order valence-corrected chi connectivity index (χ4v) is 2.41. The van der Waals surface area contributed by atoms with E-state index in [0.29, 0.717) is 12.1 Å². The molecule has 0 aliphatic carbocycles. The number of halogens is 1. The first-order valence-corrected chi connectivity index (χ1v) is 8.32. The van der Waals surface area contributed by atoms with Crippen LogP contribution in [0, 0.1) is 6.92 Å². The molecule has 0 saturated carbocycles. The van der Waals surface area contributed by atoms with Crippen molar-refractivity contribution in [1.82, 2.24) is 15.8 Å². The standard InChI is InChI=1S/C18H20BrN3O2/c1-13-3-7-15(8-4-13)18(24)21-20-17(23)12-22(2)11-14-5-9-16(19)10-6-14/h3-10H,11-12H2,1-2H3,(H,20,23)(H,21,24). The van der Waals surface area contributed by atoms with Crippen molar-refractivity contribution in [2.75, 3.05) is 13.6 Å². The Labute approximate surface area is 150 Å². The molecule has 0 spiro atoms. The molecule has 6 heteroatoms. The normalized spacial score (nSPS) is 10.5. The smallest absolute Gasteiger partial charge is 0.269 e. The van der Waals surface area contributed by atoms with Gasteiger partial charge in [0.25, 0.3) is 11.8 Å². The lowest BCUT2D eigenvalue weighted by molar-refractivity contribution is -0.122. The summed E-state index contributed by atoms with van der Waals surface area (Å²) >= 11 is 3.39. The van der Waals surface area contributed by atoms with E-state index in [9.17, 15) is 9.59 Å². The minimum Gasteiger partial charge on any atom is -0.293 e. The van der Waals surface area contributed by atoms with Gasteiger partial charge in [-0.25, -0.2) is 0 Å². The van der Waals surface area contributed by atoms with Gasteiger partial charge in [0.15, 0.2) is 0 Å². The van der Waals surface area contributed by atoms with Gasteiger partial charge in [-0.2, -0.15) is 0 Å². The summed E-state index contributed by atoms with van der Waals surface area (Å²) in [4.78, 5) is 25.7. The Kier molecular flexibility index (Phi) is 6.52. The second kappa shape index (κ2) is 8.61. The Hall–Kier alpha value is -2.18. The maximum absolute atomic E-state index is 11.9. The summed E-state index contributed by atoms with van der Waals surface area (Å²) in [7, 11) is 1.85. The quantitative estimate of drug-likeness (QED) is 0.772. The first kappa shape index (κ1) is 18.2. The van der Waals surface area contributed by atoms with Gasteiger partial charge in [-0.3, -0.25) is 25.3 Å². The molecule has 0 bridgehead atoms. The van der Waals surface area contributed by atoms with Crippen molar-refractivity contribution in [1.29, 1.82) is 0 Å². The molecule has 24 heavy (non-hydrogen) atoms. The van der Waals surface area contributed by atoms with Gasteiger partial charge in [-0.15, -0.1) is 0 Å². The lowest BCUT2D eigenvalue weighted by atomic mass is 10.1. The van der Waals surface area contributed by atoms with E-state index in [1.54, 1.807) is 12.1 Å². The predicted octanol–water partition coefficient (Wildman–Crippen LogP) is 2.65. The first-order chi connectivity index (χ1) is 11.4. The van der Waals surface area contributed by atoms with E-state index in [2.05, 4.69) is 26.8 Å². The number of nitrogens with one attached hydrogen (secondary N) is 2. The van der Waals surface area contributed by atoms with Crippen LogP contribution in [0.5, 0.6) is 0 Å². The summed E-state index contributed by atoms with van der Waals surface area (Å²) in [5.41, 5.74) is 7.54. The van der Waals surface area contributed by atoms with E-state index >= 15 is 0 Å². The summed E-state index contributed by atoms with van der Waals surface area (Å²) in [5.74, 6) is -0.603. The number of hydrazine groups is 1. The molecular weight excluding hydrogens is 370 g/mol. The summed E-state index contributed by atoms with van der Waals surface area (Å²) in [5, 5.41) is 0. The summed E-state index contributed by atoms with van der Waals surface area (Å²) < 4.78 is 1.02. The molecule has 5 nitrogen and oxygen atoms in total. The number of carbonyl (C=O) groups excluding carboxylic acids is 2. The molecule has 2 aromatic rings. The molecule has 0 fully saturated rings. The van der Waals surface area contributed by atoms with Gasteiger partial charge in [-0.05, 0) is 43.8 Å². The molecule has 2 rings (SSSR count). The van der Waals surface area contributed by atoms with Crippen LogP contribution in [0.2, 0.25) is 0 Å². The lowest BCUT2D eigenvalue weighted by Gasteiger charge is -2.16. The minimum atomic E-state index is -0.334. The number of rotatable bonds is 5. The number of carbonyl (C=O) groups is 2. The van der Waals surface area contributed by atoms with Crippen LogP contribution < -0.4 is 10.9 Å². The minimum absolute atomic E-state index is 0.185. The Bertz CT molecular complexity index is 699. The average molecular weight is 390 g/mol. The fourth-order valence-electron chi connectivity index (χ4n) is 2.15. The van der Waals surface area contributed by atoms with E-state index in [0.717, 1.165) is 15.6 Å². The van der Waals surface area contributed by atoms with Gasteiger partial charge in [0, 0.05) is 16.6 Å². The molecule has 2 N–H and O–H groups in total. The van der Waals surface area contributed by atoms with Crippen LogP contribution >= 0.6 is 15.9 Å². The summed E-state index contributed by atoms with van der Waals surface area (Å²) in [6.07, 6.45) is 0. The van der Waals surface area contributed by atoms with Crippen LogP contribution in [-0.4, -0.2) is 30.3 Å². The number of likely N-dealkylation sites (N-methyl/N-ethyl adjacent to an activating group) is 1. The van der Waals surface area contributed by atoms with E-state index < -0.39 is 0 Å². The Morgan fingerprint density at radius 1 is 1.00 bits per heavy atom. The van der Waals surface area contributed by atoms with Crippen LogP contribution in [0.25, 0.3) is 0 Å². The number of hydrogen-bond donors (Lipinski definition) is 2. The number of nitrogens with zero attached hydrogens (tertiary/aromatic N) is 1. The second-order valence-corrected chi connectivity index (χ2v) is 6.58. The topological polar surface area (TPSA) is 61.4 Å². The highest BCUT2D eigenvalue weighted by Crippen LogP contribution is 2.11. The molecule has 2 amide bonds. The monoisotopic (exact) mass is 389 g/mol. The number of amides is 2. The van der Waals surface area contributed by atoms with Gasteiger partial charge in [-0.1, -0.05) is 45.8 Å². The highest BCUT2D eigenvalue weighted by molar-refractivity contribution is 9.10. The molecule has 2 aromatic carbocycles. The maximum atomic E-state index is 11.9. The Morgan fingerprint density at radius 2 is 1.62 bits per heavy atom. The zero-order valence-electron chi connectivity index (χ0n) is 13.7. The largest absolute Gasteiger partial charge is 0.293 e. The van der Waals surface area contributed by atoms with E-state index in [1.807, 2.05) is 55.3 Å². The van der Waals surface area contributed by atoms with Crippen LogP contribution in [0.15, 0.2) is 53.0 Å². The molecule has 0 heterocycles. The highest BCUT2D eigenvalue weighted by Gasteiger charge is 2.09. The molecule has 0 unspecified atom stereocenters. The van der Waals surface area contributed by atoms with Crippen molar-refractivity contribution in [2.45, 2.75) is 13.5 Å². The number of benzene rings is 2. The first-order valence-electron chi connectivity index (χ1n) is 7.53. The SMILES string of the molecule is Cc1ccc(C(=O)NNC(=O)CN(C)Cc2ccc(Br)cc2)cc1. The van der Waals surface area contributed by atoms with Crippen molar-refractivity contribution >= 4 is 27.7 Å². The van der Waals surface area contributed by atoms with Gasteiger partial charge in [0.1, 0.15) is 0 Å². The van der Waals surface area contributed by atoms with Gasteiger partial charge in [0.2, 0.25) is 0 Å². The van der Waals surface area contributed by atoms with Crippen LogP contribution in [-0.2, 0) is 11.3 Å². The highest BCUT2D eigenvalue weighted by atomic mass is 79.9. The predicted molar refractivity (Wildman–Crippen MR) is 97.3 cm³/mol. The van der Waals surface area contributed by atoms with Crippen LogP contribution in [0.4, 0.5) is 0 Å². The molecular formula is C18H20BrN3O2. The van der Waals surface area contributed by atoms with Crippen molar-refractivity contribution < 1.29 is 9.59 Å². The van der Waals surface area contributed by atoms with E-state index in [-0.39, 0.29) is 18.4 Å². The molecule has 0 radical (unpaired) electrons. The molecule has 0 atom stereocenters. The molecule has 0 aliphatic heterocycles. The summed E-state index contributed by atoms with van der Waals surface area (Å²) in [6.45, 7) is 2.78. The zero-order valence-corrected chi connectivity index (χ0v) is 15.3. The van der Waals surface area contributed by atoms with Crippen LogP contribution in [0.1, 0.15) is 21.5 Å². The van der Waals surface area contributed by atoms with Gasteiger partial charge >= 0.3 is 0 Å². The van der Waals surface area contributed by atoms with Crippen molar-refractivity contribution in [3.8, 4) is 0 Å². The van der Waals surface area contributed by atoms with Crippen molar-refractivity contribution in [3.63, 3.8) is 0 Å². The van der Waals surface area contributed by atoms with E-state index in [1.165, 1.54) is 0 Å². The third-order valence-electron chi connectivity index (χ3n) is 3.41. The average Bonchev–Trinajstić information content (AvgIpc) is 2.55. The lowest BCUT2D eigenvalue weighted by Crippen LogP contribution is -2.45. The van der Waals surface area contributed by atoms with Gasteiger partial charge in [0.05, 0.1) is 6.54 Å². The molecule has 0 aliphatic rings. The van der Waals surface area contributed by atoms with Crippen LogP contribution in [0.3, 0.4) is 0 Å². The Morgan fingerprint density at radius 3 is 2.25 bits per heavy atom. The van der Waals surface area contributed by atoms with Gasteiger partial charge < -0.3 is 0 Å². The third-order valence-corrected chi connectivity index (χ3v) is 3.94. The maximum Gasteiger partial charge on any atom is 0.269 e. The third kappa shape index (κ3) is 5.79. The van der Waals surface area contributed by atoms with E-state index in [4.69, 9.17) is 0 Å². The number of hydrogen-bond acceptors (Lipinski definition) is 3. The van der Waals surface area contributed by atoms with Crippen molar-refractivity contribution in [2.24, 2.45) is 0 Å². The zero-order chi connectivity index (χ0) is 17.5. The molecule has 126 valence electrons. The molecule has 0 aromatic heterocycles. The second-order valence-electron chi connectivity index (χ2n) is 5.67. The summed E-state index contributed by atoms with van der Waals surface area (Å²) in [6, 6.07) is 15.1. The molecule has 0 saturated heterocycles. The fraction of sp³-hybridized carbons (Fsp3) is 0.222.